The van der Waals surface area contributed by atoms with Crippen molar-refractivity contribution in [3.63, 3.8) is 0 Å². The number of anilines is 2. The molecular formula is C14H22N6S. The molecule has 0 aliphatic rings. The molecule has 0 amide bonds. The Bertz CT molecular complexity index is 609. The van der Waals surface area contributed by atoms with Gasteiger partial charge in [0, 0.05) is 25.5 Å². The summed E-state index contributed by atoms with van der Waals surface area (Å²) in [7, 11) is 5.85. The van der Waals surface area contributed by atoms with Crippen LogP contribution in [0.3, 0.4) is 0 Å². The van der Waals surface area contributed by atoms with Crippen LogP contribution in [0.1, 0.15) is 29.2 Å². The molecule has 7 heteroatoms. The molecule has 1 atom stereocenters. The van der Waals surface area contributed by atoms with E-state index in [-0.39, 0.29) is 12.0 Å². The van der Waals surface area contributed by atoms with Crippen molar-refractivity contribution >= 4 is 23.2 Å². The SMILES string of the molecule is Cc1ccsc1CN(C)[C@H](C)c1nc(N)nc(N(C)C)n1. The molecule has 2 aromatic rings. The Morgan fingerprint density at radius 3 is 2.52 bits per heavy atom. The molecule has 0 aliphatic heterocycles. The minimum Gasteiger partial charge on any atom is -0.368 e. The minimum absolute atomic E-state index is 0.0653. The highest BCUT2D eigenvalue weighted by atomic mass is 32.1. The molecule has 0 radical (unpaired) electrons. The average molecular weight is 306 g/mol. The van der Waals surface area contributed by atoms with Crippen molar-refractivity contribution in [1.82, 2.24) is 19.9 Å². The van der Waals surface area contributed by atoms with Crippen LogP contribution in [0.15, 0.2) is 11.4 Å². The minimum atomic E-state index is 0.0653. The molecule has 0 aliphatic carbocycles. The van der Waals surface area contributed by atoms with Crippen molar-refractivity contribution in [2.24, 2.45) is 0 Å². The zero-order valence-electron chi connectivity index (χ0n) is 13.2. The smallest absolute Gasteiger partial charge is 0.229 e. The van der Waals surface area contributed by atoms with E-state index < -0.39 is 0 Å². The van der Waals surface area contributed by atoms with Crippen LogP contribution in [0.5, 0.6) is 0 Å². The predicted octanol–water partition coefficient (Wildman–Crippen LogP) is 2.08. The summed E-state index contributed by atoms with van der Waals surface area (Å²) < 4.78 is 0. The highest BCUT2D eigenvalue weighted by Gasteiger charge is 2.18. The Hall–Kier alpha value is -1.73. The highest BCUT2D eigenvalue weighted by molar-refractivity contribution is 7.10. The summed E-state index contributed by atoms with van der Waals surface area (Å²) in [6, 6.07) is 2.21. The second-order valence-electron chi connectivity index (χ2n) is 5.36. The largest absolute Gasteiger partial charge is 0.368 e. The molecule has 0 fully saturated rings. The van der Waals surface area contributed by atoms with Crippen molar-refractivity contribution < 1.29 is 0 Å². The average Bonchev–Trinajstić information content (AvgIpc) is 2.82. The second kappa shape index (κ2) is 6.36. The van der Waals surface area contributed by atoms with Gasteiger partial charge in [0.25, 0.3) is 0 Å². The van der Waals surface area contributed by atoms with Crippen molar-refractivity contribution in [1.29, 1.82) is 0 Å². The summed E-state index contributed by atoms with van der Waals surface area (Å²) in [6.07, 6.45) is 0. The molecule has 0 saturated carbocycles. The number of nitrogen functional groups attached to an aromatic ring is 1. The van der Waals surface area contributed by atoms with Gasteiger partial charge in [-0.2, -0.15) is 15.0 Å². The molecular weight excluding hydrogens is 284 g/mol. The number of aromatic nitrogens is 3. The Labute approximate surface area is 129 Å². The lowest BCUT2D eigenvalue weighted by Gasteiger charge is -2.24. The van der Waals surface area contributed by atoms with Gasteiger partial charge in [-0.3, -0.25) is 4.90 Å². The van der Waals surface area contributed by atoms with Gasteiger partial charge in [0.05, 0.1) is 6.04 Å². The maximum atomic E-state index is 5.79. The van der Waals surface area contributed by atoms with Gasteiger partial charge in [-0.15, -0.1) is 11.3 Å². The van der Waals surface area contributed by atoms with E-state index in [1.165, 1.54) is 10.4 Å². The molecule has 6 nitrogen and oxygen atoms in total. The van der Waals surface area contributed by atoms with Gasteiger partial charge in [0.2, 0.25) is 11.9 Å². The van der Waals surface area contributed by atoms with Gasteiger partial charge >= 0.3 is 0 Å². The highest BCUT2D eigenvalue weighted by Crippen LogP contribution is 2.23. The standard InChI is InChI=1S/C14H22N6S/c1-9-6-7-21-11(9)8-20(5)10(2)12-16-13(15)18-14(17-12)19(3)4/h6-7,10H,8H2,1-5H3,(H2,15,16,17,18)/t10-/m1/s1. The lowest BCUT2D eigenvalue weighted by Crippen LogP contribution is -2.25. The Balaban J connectivity index is 2.19. The van der Waals surface area contributed by atoms with E-state index in [0.29, 0.717) is 11.8 Å². The molecule has 0 bridgehead atoms. The molecule has 2 heterocycles. The van der Waals surface area contributed by atoms with Gasteiger partial charge in [-0.1, -0.05) is 0 Å². The molecule has 21 heavy (non-hydrogen) atoms. The van der Waals surface area contributed by atoms with Crippen LogP contribution in [0.4, 0.5) is 11.9 Å². The fourth-order valence-corrected chi connectivity index (χ4v) is 2.88. The van der Waals surface area contributed by atoms with Crippen molar-refractivity contribution in [2.45, 2.75) is 26.4 Å². The van der Waals surface area contributed by atoms with Crippen LogP contribution in [0, 0.1) is 6.92 Å². The van der Waals surface area contributed by atoms with Crippen LogP contribution in [0.25, 0.3) is 0 Å². The maximum absolute atomic E-state index is 5.79. The molecule has 2 rings (SSSR count). The number of rotatable bonds is 5. The zero-order chi connectivity index (χ0) is 15.6. The van der Waals surface area contributed by atoms with Crippen molar-refractivity contribution in [3.05, 3.63) is 27.7 Å². The Kier molecular flexibility index (Phi) is 4.74. The molecule has 0 unspecified atom stereocenters. The summed E-state index contributed by atoms with van der Waals surface area (Å²) >= 11 is 1.77. The van der Waals surface area contributed by atoms with E-state index in [1.54, 1.807) is 11.3 Å². The quantitative estimate of drug-likeness (QED) is 0.912. The molecule has 0 spiro atoms. The van der Waals surface area contributed by atoms with Gasteiger partial charge in [0.15, 0.2) is 5.82 Å². The monoisotopic (exact) mass is 306 g/mol. The molecule has 114 valence electrons. The third kappa shape index (κ3) is 3.68. The normalized spacial score (nSPS) is 12.7. The number of thiophene rings is 1. The molecule has 0 saturated heterocycles. The van der Waals surface area contributed by atoms with Gasteiger partial charge in [0.1, 0.15) is 0 Å². The third-order valence-corrected chi connectivity index (χ3v) is 4.46. The number of nitrogens with two attached hydrogens (primary N) is 1. The van der Waals surface area contributed by atoms with E-state index in [9.17, 15) is 0 Å². The molecule has 0 aromatic carbocycles. The summed E-state index contributed by atoms with van der Waals surface area (Å²) in [5.74, 6) is 1.55. The Morgan fingerprint density at radius 1 is 1.24 bits per heavy atom. The number of nitrogens with zero attached hydrogens (tertiary/aromatic N) is 5. The van der Waals surface area contributed by atoms with E-state index in [2.05, 4.69) is 52.2 Å². The first kappa shape index (κ1) is 15.7. The van der Waals surface area contributed by atoms with Gasteiger partial charge in [-0.25, -0.2) is 0 Å². The Morgan fingerprint density at radius 2 is 1.95 bits per heavy atom. The summed E-state index contributed by atoms with van der Waals surface area (Å²) in [5, 5.41) is 2.12. The van der Waals surface area contributed by atoms with Crippen LogP contribution in [0.2, 0.25) is 0 Å². The van der Waals surface area contributed by atoms with Crippen LogP contribution in [-0.2, 0) is 6.54 Å². The maximum Gasteiger partial charge on any atom is 0.229 e. The number of hydrogen-bond acceptors (Lipinski definition) is 7. The van der Waals surface area contributed by atoms with Crippen LogP contribution >= 0.6 is 11.3 Å². The first-order valence-corrected chi connectivity index (χ1v) is 7.68. The van der Waals surface area contributed by atoms with Crippen LogP contribution in [-0.4, -0.2) is 41.0 Å². The third-order valence-electron chi connectivity index (χ3n) is 3.45. The van der Waals surface area contributed by atoms with Gasteiger partial charge in [-0.05, 0) is 37.9 Å². The van der Waals surface area contributed by atoms with Gasteiger partial charge < -0.3 is 10.6 Å². The van der Waals surface area contributed by atoms with Crippen molar-refractivity contribution in [2.75, 3.05) is 31.8 Å². The fourth-order valence-electron chi connectivity index (χ4n) is 1.91. The van der Waals surface area contributed by atoms with E-state index in [1.807, 2.05) is 19.0 Å². The summed E-state index contributed by atoms with van der Waals surface area (Å²) in [6.45, 7) is 5.08. The second-order valence-corrected chi connectivity index (χ2v) is 6.36. The summed E-state index contributed by atoms with van der Waals surface area (Å²) in [5.41, 5.74) is 7.11. The topological polar surface area (TPSA) is 71.2 Å². The molecule has 2 N–H and O–H groups in total. The summed E-state index contributed by atoms with van der Waals surface area (Å²) in [4.78, 5) is 18.3. The molecule has 2 aromatic heterocycles. The lowest BCUT2D eigenvalue weighted by molar-refractivity contribution is 0.245. The zero-order valence-corrected chi connectivity index (χ0v) is 14.0. The number of hydrogen-bond donors (Lipinski definition) is 1. The van der Waals surface area contributed by atoms with Crippen molar-refractivity contribution in [3.8, 4) is 0 Å². The lowest BCUT2D eigenvalue weighted by atomic mass is 10.2. The van der Waals surface area contributed by atoms with Crippen LogP contribution < -0.4 is 10.6 Å². The fraction of sp³-hybridized carbons (Fsp3) is 0.500. The van der Waals surface area contributed by atoms with E-state index in [0.717, 1.165) is 6.54 Å². The van der Waals surface area contributed by atoms with E-state index >= 15 is 0 Å². The number of aryl methyl sites for hydroxylation is 1. The van der Waals surface area contributed by atoms with E-state index in [4.69, 9.17) is 5.73 Å². The first-order valence-electron chi connectivity index (χ1n) is 6.80. The predicted molar refractivity (Wildman–Crippen MR) is 87.5 cm³/mol. The first-order chi connectivity index (χ1) is 9.88.